The van der Waals surface area contributed by atoms with E-state index in [1.165, 1.54) is 38.5 Å². The van der Waals surface area contributed by atoms with Crippen molar-refractivity contribution in [2.75, 3.05) is 0 Å². The fraction of sp³-hybridized carbons (Fsp3) is 0.923. The first kappa shape index (κ1) is 19.6. The van der Waals surface area contributed by atoms with E-state index in [-0.39, 0.29) is 23.9 Å². The molecule has 0 heterocycles. The second kappa shape index (κ2) is 6.97. The fourth-order valence-electron chi connectivity index (χ4n) is 10.4. The number of esters is 1. The van der Waals surface area contributed by atoms with Gasteiger partial charge in [0.05, 0.1) is 11.8 Å². The Bertz CT molecular complexity index is 703. The van der Waals surface area contributed by atoms with Crippen molar-refractivity contribution in [2.24, 2.45) is 71.0 Å². The van der Waals surface area contributed by atoms with Gasteiger partial charge >= 0.3 is 11.9 Å². The Morgan fingerprint density at radius 3 is 1.80 bits per heavy atom. The van der Waals surface area contributed by atoms with Gasteiger partial charge in [-0.1, -0.05) is 26.7 Å². The summed E-state index contributed by atoms with van der Waals surface area (Å²) in [4.78, 5) is 26.0. The molecule has 166 valence electrons. The maximum Gasteiger partial charge on any atom is 0.310 e. The normalized spacial score (nSPS) is 55.1. The van der Waals surface area contributed by atoms with Crippen LogP contribution in [0.15, 0.2) is 0 Å². The average molecular weight is 415 g/mol. The summed E-state index contributed by atoms with van der Waals surface area (Å²) in [6.45, 7) is 4.54. The molecule has 0 aliphatic heterocycles. The first-order valence-electron chi connectivity index (χ1n) is 12.9. The van der Waals surface area contributed by atoms with Gasteiger partial charge in [-0.25, -0.2) is 0 Å². The van der Waals surface area contributed by atoms with Crippen LogP contribution in [-0.4, -0.2) is 23.1 Å². The van der Waals surface area contributed by atoms with Crippen molar-refractivity contribution >= 4 is 11.9 Å². The number of hydrogen-bond donors (Lipinski definition) is 1. The molecule has 7 aliphatic rings. The molecule has 6 bridgehead atoms. The van der Waals surface area contributed by atoms with E-state index >= 15 is 0 Å². The molecule has 0 aromatic rings. The lowest BCUT2D eigenvalue weighted by molar-refractivity contribution is -0.183. The van der Waals surface area contributed by atoms with E-state index in [0.717, 1.165) is 31.1 Å². The molecular formula is C26H38O4. The van der Waals surface area contributed by atoms with E-state index in [0.29, 0.717) is 35.5 Å². The lowest BCUT2D eigenvalue weighted by atomic mass is 9.55. The Labute approximate surface area is 180 Å². The Morgan fingerprint density at radius 2 is 1.30 bits per heavy atom. The average Bonchev–Trinajstić information content (AvgIpc) is 3.38. The number of carbonyl (C=O) groups is 2. The number of fused-ring (bicyclic) bond motifs is 5. The van der Waals surface area contributed by atoms with Gasteiger partial charge in [-0.05, 0) is 104 Å². The Balaban J connectivity index is 1.25. The van der Waals surface area contributed by atoms with Crippen LogP contribution in [0.5, 0.6) is 0 Å². The lowest BCUT2D eigenvalue weighted by Crippen LogP contribution is -2.52. The number of carboxylic acids is 1. The maximum absolute atomic E-state index is 13.6. The summed E-state index contributed by atoms with van der Waals surface area (Å²) in [5.41, 5.74) is 0. The topological polar surface area (TPSA) is 63.6 Å². The van der Waals surface area contributed by atoms with Gasteiger partial charge in [0.25, 0.3) is 0 Å². The first-order valence-corrected chi connectivity index (χ1v) is 12.9. The highest BCUT2D eigenvalue weighted by molar-refractivity contribution is 5.83. The third-order valence-corrected chi connectivity index (χ3v) is 11.0. The third-order valence-electron chi connectivity index (χ3n) is 11.0. The minimum Gasteiger partial charge on any atom is -0.481 e. The Morgan fingerprint density at radius 1 is 0.767 bits per heavy atom. The quantitative estimate of drug-likeness (QED) is 0.642. The molecule has 7 rings (SSSR count). The van der Waals surface area contributed by atoms with Gasteiger partial charge in [-0.15, -0.1) is 0 Å². The minimum absolute atomic E-state index is 0.0728. The highest BCUT2D eigenvalue weighted by Crippen LogP contribution is 2.68. The summed E-state index contributed by atoms with van der Waals surface area (Å²) >= 11 is 0. The van der Waals surface area contributed by atoms with Crippen LogP contribution in [0.25, 0.3) is 0 Å². The lowest BCUT2D eigenvalue weighted by Gasteiger charge is -2.53. The molecule has 0 saturated heterocycles. The van der Waals surface area contributed by atoms with E-state index in [2.05, 4.69) is 13.8 Å². The molecule has 30 heavy (non-hydrogen) atoms. The highest BCUT2D eigenvalue weighted by Gasteiger charge is 2.67. The molecule has 1 N–H and O–H groups in total. The summed E-state index contributed by atoms with van der Waals surface area (Å²) < 4.78 is 6.31. The zero-order valence-electron chi connectivity index (χ0n) is 18.5. The van der Waals surface area contributed by atoms with Crippen molar-refractivity contribution in [3.05, 3.63) is 0 Å². The van der Waals surface area contributed by atoms with Crippen LogP contribution < -0.4 is 0 Å². The molecule has 7 fully saturated rings. The first-order chi connectivity index (χ1) is 14.5. The summed E-state index contributed by atoms with van der Waals surface area (Å²) in [7, 11) is 0. The molecule has 4 heteroatoms. The minimum atomic E-state index is -0.747. The largest absolute Gasteiger partial charge is 0.481 e. The maximum atomic E-state index is 13.6. The van der Waals surface area contributed by atoms with E-state index in [4.69, 9.17) is 4.74 Å². The summed E-state index contributed by atoms with van der Waals surface area (Å²) in [5, 5.41) is 10.2. The van der Waals surface area contributed by atoms with Crippen LogP contribution >= 0.6 is 0 Å². The summed E-state index contributed by atoms with van der Waals surface area (Å²) in [5.74, 6) is 3.83. The number of carboxylic acid groups (broad SMARTS) is 1. The molecule has 0 aromatic heterocycles. The standard InChI is InChI=1S/C26H38O4/c1-3-14-10-15(4-2)21-19-11-18(20(14)21)22(25(27)28)23(19)26(29)30-24-16-6-12-5-13(8-16)9-17(24)7-12/h12-24H,3-11H2,1-2H3,(H,27,28). The van der Waals surface area contributed by atoms with Crippen molar-refractivity contribution in [3.63, 3.8) is 0 Å². The molecule has 4 nitrogen and oxygen atoms in total. The van der Waals surface area contributed by atoms with Gasteiger partial charge in [-0.3, -0.25) is 9.59 Å². The van der Waals surface area contributed by atoms with Gasteiger partial charge in [0.1, 0.15) is 6.10 Å². The second-order valence-corrected chi connectivity index (χ2v) is 12.0. The van der Waals surface area contributed by atoms with Crippen LogP contribution in [0.2, 0.25) is 0 Å². The summed E-state index contributed by atoms with van der Waals surface area (Å²) in [6.07, 6.45) is 10.9. The van der Waals surface area contributed by atoms with Gasteiger partial charge in [0.2, 0.25) is 0 Å². The predicted molar refractivity (Wildman–Crippen MR) is 112 cm³/mol. The van der Waals surface area contributed by atoms with E-state index in [1.807, 2.05) is 0 Å². The predicted octanol–water partition coefficient (Wildman–Crippen LogP) is 5.01. The van der Waals surface area contributed by atoms with Gasteiger partial charge in [0.15, 0.2) is 0 Å². The zero-order valence-corrected chi connectivity index (χ0v) is 18.5. The van der Waals surface area contributed by atoms with Gasteiger partial charge < -0.3 is 9.84 Å². The van der Waals surface area contributed by atoms with Crippen LogP contribution in [0, 0.1) is 71.0 Å². The van der Waals surface area contributed by atoms with E-state index in [9.17, 15) is 14.7 Å². The van der Waals surface area contributed by atoms with Crippen LogP contribution in [0.3, 0.4) is 0 Å². The number of carbonyl (C=O) groups excluding carboxylic acids is 1. The number of aliphatic carboxylic acids is 1. The molecule has 7 aliphatic carbocycles. The molecule has 0 spiro atoms. The van der Waals surface area contributed by atoms with Gasteiger partial charge in [0, 0.05) is 0 Å². The smallest absolute Gasteiger partial charge is 0.310 e. The van der Waals surface area contributed by atoms with Crippen molar-refractivity contribution in [3.8, 4) is 0 Å². The third kappa shape index (κ3) is 2.64. The van der Waals surface area contributed by atoms with Crippen molar-refractivity contribution in [2.45, 2.75) is 77.7 Å². The van der Waals surface area contributed by atoms with Gasteiger partial charge in [-0.2, -0.15) is 0 Å². The molecule has 7 saturated carbocycles. The number of ether oxygens (including phenoxy) is 1. The van der Waals surface area contributed by atoms with E-state index < -0.39 is 17.8 Å². The Hall–Kier alpha value is -1.06. The molecule has 0 amide bonds. The molecule has 8 unspecified atom stereocenters. The highest BCUT2D eigenvalue weighted by atomic mass is 16.5. The number of rotatable bonds is 5. The van der Waals surface area contributed by atoms with Crippen LogP contribution in [0.1, 0.15) is 71.6 Å². The second-order valence-electron chi connectivity index (χ2n) is 12.0. The monoisotopic (exact) mass is 414 g/mol. The van der Waals surface area contributed by atoms with E-state index in [1.54, 1.807) is 0 Å². The molecule has 0 aromatic carbocycles. The van der Waals surface area contributed by atoms with Crippen LogP contribution in [0.4, 0.5) is 0 Å². The Kier molecular flexibility index (Phi) is 4.56. The zero-order chi connectivity index (χ0) is 20.7. The molecule has 0 radical (unpaired) electrons. The fourth-order valence-corrected chi connectivity index (χ4v) is 10.4. The van der Waals surface area contributed by atoms with Crippen molar-refractivity contribution in [1.82, 2.24) is 0 Å². The summed E-state index contributed by atoms with van der Waals surface area (Å²) in [6, 6.07) is 0. The van der Waals surface area contributed by atoms with Crippen molar-refractivity contribution < 1.29 is 19.4 Å². The SMILES string of the molecule is CCC1CC(CC)C2C3CC(C(C(=O)O)C3C(=O)OC3C4CC5CC(C4)CC3C5)C12. The molecular weight excluding hydrogens is 376 g/mol. The van der Waals surface area contributed by atoms with Crippen LogP contribution in [-0.2, 0) is 14.3 Å². The molecule has 8 atom stereocenters. The number of hydrogen-bond acceptors (Lipinski definition) is 3. The van der Waals surface area contributed by atoms with Crippen molar-refractivity contribution in [1.29, 1.82) is 0 Å².